The molecule has 0 amide bonds. The fourth-order valence-corrected chi connectivity index (χ4v) is 1.70. The van der Waals surface area contributed by atoms with Crippen LogP contribution in [-0.4, -0.2) is 27.5 Å². The molecule has 0 aliphatic heterocycles. The van der Waals surface area contributed by atoms with E-state index in [0.29, 0.717) is 0 Å². The molecule has 2 aromatic rings. The number of carboxylic acids is 1. The smallest absolute Gasteiger partial charge is 0.324 e. The van der Waals surface area contributed by atoms with Crippen molar-refractivity contribution in [2.45, 2.75) is 13.3 Å². The molecule has 0 unspecified atom stereocenters. The van der Waals surface area contributed by atoms with E-state index in [1.54, 1.807) is 4.79 Å². The first-order valence-corrected chi connectivity index (χ1v) is 5.14. The number of benzene rings is 1. The first kappa shape index (κ1) is 10.5. The van der Waals surface area contributed by atoms with Crippen LogP contribution in [0.3, 0.4) is 0 Å². The van der Waals surface area contributed by atoms with Crippen LogP contribution >= 0.6 is 0 Å². The topological polar surface area (TPSA) is 67.2 Å². The van der Waals surface area contributed by atoms with E-state index in [0.717, 1.165) is 23.0 Å². The summed E-state index contributed by atoms with van der Waals surface area (Å²) in [7, 11) is 0. The van der Waals surface area contributed by atoms with E-state index >= 15 is 0 Å². The Hall–Kier alpha value is -2.04. The lowest BCUT2D eigenvalue weighted by atomic mass is 10.2. The summed E-state index contributed by atoms with van der Waals surface area (Å²) in [4.78, 5) is 12.0. The number of hydrogen-bond acceptors (Lipinski definition) is 3. The van der Waals surface area contributed by atoms with Gasteiger partial charge in [0.2, 0.25) is 0 Å². The van der Waals surface area contributed by atoms with Gasteiger partial charge in [0.05, 0.1) is 11.2 Å². The van der Waals surface area contributed by atoms with E-state index in [9.17, 15) is 4.79 Å². The summed E-state index contributed by atoms with van der Waals surface area (Å²) in [6, 6.07) is 7.76. The van der Waals surface area contributed by atoms with Gasteiger partial charge >= 0.3 is 5.97 Å². The minimum Gasteiger partial charge on any atom is -0.480 e. The average molecular weight is 219 g/mol. The molecule has 5 nitrogen and oxygen atoms in total. The van der Waals surface area contributed by atoms with Crippen molar-refractivity contribution in [3.63, 3.8) is 0 Å². The van der Waals surface area contributed by atoms with Crippen LogP contribution in [0.15, 0.2) is 24.3 Å². The summed E-state index contributed by atoms with van der Waals surface area (Å²) in [6.45, 7) is 1.88. The SMILES string of the molecule is CCc1c2ccccc2nn1NCC(=O)O. The summed E-state index contributed by atoms with van der Waals surface area (Å²) < 4.78 is 0. The number of aliphatic carboxylic acids is 1. The number of carbonyl (C=O) groups is 1. The third kappa shape index (κ3) is 1.84. The predicted molar refractivity (Wildman–Crippen MR) is 61.0 cm³/mol. The summed E-state index contributed by atoms with van der Waals surface area (Å²) in [6.07, 6.45) is 0.799. The second-order valence-corrected chi connectivity index (χ2v) is 3.46. The summed E-state index contributed by atoms with van der Waals surface area (Å²) in [5, 5.41) is 14.0. The van der Waals surface area contributed by atoms with Crippen molar-refractivity contribution in [2.75, 3.05) is 12.0 Å². The average Bonchev–Trinajstić information content (AvgIpc) is 2.63. The number of nitrogens with zero attached hydrogens (tertiary/aromatic N) is 2. The number of aromatic nitrogens is 2. The number of hydrogen-bond donors (Lipinski definition) is 2. The first-order valence-electron chi connectivity index (χ1n) is 5.14. The molecular weight excluding hydrogens is 206 g/mol. The molecule has 1 aromatic heterocycles. The van der Waals surface area contributed by atoms with Crippen molar-refractivity contribution < 1.29 is 9.90 Å². The Labute approximate surface area is 92.7 Å². The molecule has 0 saturated heterocycles. The highest BCUT2D eigenvalue weighted by Crippen LogP contribution is 2.17. The van der Waals surface area contributed by atoms with Crippen molar-refractivity contribution >= 4 is 16.9 Å². The van der Waals surface area contributed by atoms with Crippen molar-refractivity contribution in [1.29, 1.82) is 0 Å². The third-order valence-corrected chi connectivity index (χ3v) is 2.39. The highest BCUT2D eigenvalue weighted by molar-refractivity contribution is 5.81. The van der Waals surface area contributed by atoms with Gasteiger partial charge < -0.3 is 5.11 Å². The lowest BCUT2D eigenvalue weighted by Crippen LogP contribution is -2.24. The van der Waals surface area contributed by atoms with Crippen LogP contribution in [0.2, 0.25) is 0 Å². The minimum atomic E-state index is -0.901. The second-order valence-electron chi connectivity index (χ2n) is 3.46. The summed E-state index contributed by atoms with van der Waals surface area (Å²) in [5.41, 5.74) is 4.63. The molecule has 0 spiro atoms. The Balaban J connectivity index is 2.40. The van der Waals surface area contributed by atoms with Crippen LogP contribution in [0.25, 0.3) is 10.9 Å². The molecule has 0 bridgehead atoms. The maximum Gasteiger partial charge on any atom is 0.324 e. The normalized spacial score (nSPS) is 10.6. The molecule has 16 heavy (non-hydrogen) atoms. The number of carboxylic acid groups (broad SMARTS) is 1. The highest BCUT2D eigenvalue weighted by atomic mass is 16.4. The summed E-state index contributed by atoms with van der Waals surface area (Å²) >= 11 is 0. The van der Waals surface area contributed by atoms with Crippen molar-refractivity contribution in [3.8, 4) is 0 Å². The molecule has 84 valence electrons. The molecule has 0 saturated carbocycles. The zero-order valence-corrected chi connectivity index (χ0v) is 8.97. The lowest BCUT2D eigenvalue weighted by Gasteiger charge is -2.06. The minimum absolute atomic E-state index is 0.138. The molecule has 1 aromatic carbocycles. The molecular formula is C11H13N3O2. The monoisotopic (exact) mass is 219 g/mol. The van der Waals surface area contributed by atoms with Crippen LogP contribution in [0.4, 0.5) is 0 Å². The first-order chi connectivity index (χ1) is 7.72. The van der Waals surface area contributed by atoms with Gasteiger partial charge in [-0.1, -0.05) is 25.1 Å². The quantitative estimate of drug-likeness (QED) is 0.811. The van der Waals surface area contributed by atoms with Gasteiger partial charge in [0.15, 0.2) is 0 Å². The number of rotatable bonds is 4. The van der Waals surface area contributed by atoms with Gasteiger partial charge in [0, 0.05) is 5.39 Å². The van der Waals surface area contributed by atoms with Crippen LogP contribution < -0.4 is 5.43 Å². The van der Waals surface area contributed by atoms with Gasteiger partial charge in [-0.05, 0) is 12.5 Å². The van der Waals surface area contributed by atoms with Crippen molar-refractivity contribution in [3.05, 3.63) is 30.0 Å². The molecule has 0 aliphatic carbocycles. The Morgan fingerprint density at radius 1 is 1.50 bits per heavy atom. The van der Waals surface area contributed by atoms with Crippen LogP contribution in [0.1, 0.15) is 12.6 Å². The van der Waals surface area contributed by atoms with Crippen molar-refractivity contribution in [2.24, 2.45) is 0 Å². The zero-order valence-electron chi connectivity index (χ0n) is 8.97. The Morgan fingerprint density at radius 3 is 2.94 bits per heavy atom. The van der Waals surface area contributed by atoms with E-state index < -0.39 is 5.97 Å². The van der Waals surface area contributed by atoms with E-state index in [1.165, 1.54) is 0 Å². The molecule has 0 aliphatic rings. The molecule has 0 fully saturated rings. The molecule has 2 N–H and O–H groups in total. The van der Waals surface area contributed by atoms with Gasteiger partial charge in [-0.25, -0.2) is 0 Å². The Bertz CT molecular complexity index is 519. The Morgan fingerprint density at radius 2 is 2.25 bits per heavy atom. The van der Waals surface area contributed by atoms with E-state index in [4.69, 9.17) is 5.11 Å². The third-order valence-electron chi connectivity index (χ3n) is 2.39. The summed E-state index contributed by atoms with van der Waals surface area (Å²) in [5.74, 6) is -0.901. The maximum absolute atomic E-state index is 10.5. The number of aryl methyl sites for hydroxylation is 1. The second kappa shape index (κ2) is 4.22. The van der Waals surface area contributed by atoms with Gasteiger partial charge in [-0.2, -0.15) is 9.89 Å². The van der Waals surface area contributed by atoms with Gasteiger partial charge in [0.25, 0.3) is 0 Å². The number of nitrogens with one attached hydrogen (secondary N) is 1. The van der Waals surface area contributed by atoms with Gasteiger partial charge in [0.1, 0.15) is 6.54 Å². The molecule has 0 radical (unpaired) electrons. The predicted octanol–water partition coefficient (Wildman–Crippen LogP) is 1.23. The Kier molecular flexibility index (Phi) is 2.76. The highest BCUT2D eigenvalue weighted by Gasteiger charge is 2.09. The largest absolute Gasteiger partial charge is 0.480 e. The van der Waals surface area contributed by atoms with Crippen LogP contribution in [-0.2, 0) is 11.2 Å². The van der Waals surface area contributed by atoms with Crippen molar-refractivity contribution in [1.82, 2.24) is 9.89 Å². The molecule has 5 heteroatoms. The maximum atomic E-state index is 10.5. The molecule has 0 atom stereocenters. The lowest BCUT2D eigenvalue weighted by molar-refractivity contribution is -0.135. The van der Waals surface area contributed by atoms with Gasteiger partial charge in [-0.15, -0.1) is 0 Å². The van der Waals surface area contributed by atoms with Crippen LogP contribution in [0.5, 0.6) is 0 Å². The zero-order chi connectivity index (χ0) is 11.5. The van der Waals surface area contributed by atoms with Gasteiger partial charge in [-0.3, -0.25) is 10.2 Å². The van der Waals surface area contributed by atoms with E-state index in [-0.39, 0.29) is 6.54 Å². The van der Waals surface area contributed by atoms with E-state index in [1.807, 2.05) is 31.2 Å². The fraction of sp³-hybridized carbons (Fsp3) is 0.273. The van der Waals surface area contributed by atoms with Crippen LogP contribution in [0, 0.1) is 0 Å². The fourth-order valence-electron chi connectivity index (χ4n) is 1.70. The molecule has 1 heterocycles. The number of fused-ring (bicyclic) bond motifs is 1. The van der Waals surface area contributed by atoms with E-state index in [2.05, 4.69) is 10.5 Å². The molecule has 2 rings (SSSR count). The standard InChI is InChI=1S/C11H13N3O2/c1-2-10-8-5-3-4-6-9(8)13-14(10)12-7-11(15)16/h3-6,12H,2,7H2,1H3,(H,15,16).